The van der Waals surface area contributed by atoms with E-state index in [1.54, 1.807) is 19.1 Å². The Morgan fingerprint density at radius 1 is 1.38 bits per heavy atom. The average molecular weight is 376 g/mol. The molecule has 6 heteroatoms. The molecule has 21 heavy (non-hydrogen) atoms. The van der Waals surface area contributed by atoms with Gasteiger partial charge in [0.1, 0.15) is 0 Å². The third-order valence-electron chi connectivity index (χ3n) is 3.15. The molecule has 0 spiro atoms. The normalized spacial score (nSPS) is 12.7. The van der Waals surface area contributed by atoms with E-state index in [2.05, 4.69) is 22.5 Å². The van der Waals surface area contributed by atoms with E-state index in [9.17, 15) is 13.5 Å². The first-order valence-electron chi connectivity index (χ1n) is 6.59. The summed E-state index contributed by atoms with van der Waals surface area (Å²) in [4.78, 5) is 0.206. The van der Waals surface area contributed by atoms with Crippen LogP contribution in [0.4, 0.5) is 0 Å². The van der Waals surface area contributed by atoms with E-state index in [1.807, 2.05) is 20.8 Å². The molecule has 0 aliphatic carbocycles. The first kappa shape index (κ1) is 18.4. The Hall–Kier alpha value is -0.690. The second-order valence-corrected chi connectivity index (χ2v) is 8.54. The Balaban J connectivity index is 3.55. The molecule has 1 aromatic rings. The van der Waals surface area contributed by atoms with Crippen LogP contribution in [0, 0.1) is 6.92 Å². The number of hydrogen-bond donors (Lipinski definition) is 1. The van der Waals surface area contributed by atoms with Crippen LogP contribution in [0.2, 0.25) is 0 Å². The first-order chi connectivity index (χ1) is 9.55. The standard InChI is InChI=1S/C15H22BrNO3S/c1-6-7-17(15(3,4)5)21(19,20)14-9-12(10-18)8-13(16)11(14)2/h6,8-9,18H,1,7,10H2,2-5H3. The number of benzene rings is 1. The summed E-state index contributed by atoms with van der Waals surface area (Å²) in [5, 5.41) is 9.30. The molecule has 1 aromatic carbocycles. The van der Waals surface area contributed by atoms with Gasteiger partial charge in [-0.1, -0.05) is 22.0 Å². The van der Waals surface area contributed by atoms with Gasteiger partial charge in [0.15, 0.2) is 0 Å². The number of aliphatic hydroxyl groups excluding tert-OH is 1. The zero-order valence-corrected chi connectivity index (χ0v) is 15.3. The predicted octanol–water partition coefficient (Wildman–Crippen LogP) is 3.23. The third kappa shape index (κ3) is 3.94. The maximum absolute atomic E-state index is 13.0. The summed E-state index contributed by atoms with van der Waals surface area (Å²) < 4.78 is 28.0. The van der Waals surface area contributed by atoms with Crippen LogP contribution >= 0.6 is 15.9 Å². The highest BCUT2D eigenvalue weighted by Gasteiger charge is 2.34. The van der Waals surface area contributed by atoms with Crippen molar-refractivity contribution in [1.29, 1.82) is 0 Å². The van der Waals surface area contributed by atoms with Gasteiger partial charge in [0.05, 0.1) is 11.5 Å². The topological polar surface area (TPSA) is 57.6 Å². The molecular formula is C15H22BrNO3S. The molecule has 0 bridgehead atoms. The molecule has 0 aliphatic heterocycles. The van der Waals surface area contributed by atoms with Gasteiger partial charge in [0.2, 0.25) is 10.0 Å². The summed E-state index contributed by atoms with van der Waals surface area (Å²) in [5.74, 6) is 0. The smallest absolute Gasteiger partial charge is 0.244 e. The molecule has 0 fully saturated rings. The largest absolute Gasteiger partial charge is 0.392 e. The fourth-order valence-corrected chi connectivity index (χ4v) is 4.73. The van der Waals surface area contributed by atoms with E-state index in [4.69, 9.17) is 0 Å². The van der Waals surface area contributed by atoms with Gasteiger partial charge in [-0.3, -0.25) is 0 Å². The second kappa shape index (κ2) is 6.60. The monoisotopic (exact) mass is 375 g/mol. The molecular weight excluding hydrogens is 354 g/mol. The molecule has 0 radical (unpaired) electrons. The van der Waals surface area contributed by atoms with Gasteiger partial charge in [-0.05, 0) is 51.0 Å². The lowest BCUT2D eigenvalue weighted by molar-refractivity contribution is 0.269. The van der Waals surface area contributed by atoms with Crippen molar-refractivity contribution in [3.05, 3.63) is 40.4 Å². The van der Waals surface area contributed by atoms with Crippen LogP contribution in [-0.2, 0) is 16.6 Å². The molecule has 0 aromatic heterocycles. The van der Waals surface area contributed by atoms with Gasteiger partial charge >= 0.3 is 0 Å². The SMILES string of the molecule is C=CCN(C(C)(C)C)S(=O)(=O)c1cc(CO)cc(Br)c1C. The lowest BCUT2D eigenvalue weighted by Gasteiger charge is -2.34. The van der Waals surface area contributed by atoms with Crippen LogP contribution in [0.5, 0.6) is 0 Å². The van der Waals surface area contributed by atoms with Crippen LogP contribution in [0.3, 0.4) is 0 Å². The van der Waals surface area contributed by atoms with Crippen LogP contribution in [0.1, 0.15) is 31.9 Å². The van der Waals surface area contributed by atoms with Crippen LogP contribution in [0.15, 0.2) is 34.2 Å². The fourth-order valence-electron chi connectivity index (χ4n) is 2.03. The summed E-state index contributed by atoms with van der Waals surface area (Å²) in [6.07, 6.45) is 1.57. The molecule has 118 valence electrons. The summed E-state index contributed by atoms with van der Waals surface area (Å²) in [7, 11) is -3.69. The predicted molar refractivity (Wildman–Crippen MR) is 88.6 cm³/mol. The van der Waals surface area contributed by atoms with Crippen molar-refractivity contribution in [1.82, 2.24) is 4.31 Å². The lowest BCUT2D eigenvalue weighted by Crippen LogP contribution is -2.45. The van der Waals surface area contributed by atoms with Gasteiger partial charge < -0.3 is 5.11 Å². The molecule has 0 unspecified atom stereocenters. The highest BCUT2D eigenvalue weighted by Crippen LogP contribution is 2.31. The zero-order chi connectivity index (χ0) is 16.4. The summed E-state index contributed by atoms with van der Waals surface area (Å²) >= 11 is 3.35. The molecule has 0 amide bonds. The van der Waals surface area contributed by atoms with Crippen LogP contribution in [-0.4, -0.2) is 29.9 Å². The molecule has 0 saturated carbocycles. The molecule has 0 saturated heterocycles. The Labute approximate surface area is 135 Å². The van der Waals surface area contributed by atoms with E-state index in [0.29, 0.717) is 15.6 Å². The summed E-state index contributed by atoms with van der Waals surface area (Å²) in [5.41, 5.74) is 0.616. The number of sulfonamides is 1. The summed E-state index contributed by atoms with van der Waals surface area (Å²) in [6, 6.07) is 3.25. The van der Waals surface area contributed by atoms with Crippen LogP contribution < -0.4 is 0 Å². The minimum Gasteiger partial charge on any atom is -0.392 e. The van der Waals surface area contributed by atoms with Gasteiger partial charge in [-0.25, -0.2) is 8.42 Å². The van der Waals surface area contributed by atoms with Crippen molar-refractivity contribution in [2.24, 2.45) is 0 Å². The van der Waals surface area contributed by atoms with E-state index >= 15 is 0 Å². The Bertz CT molecular complexity index is 633. The maximum Gasteiger partial charge on any atom is 0.244 e. The highest BCUT2D eigenvalue weighted by atomic mass is 79.9. The minimum absolute atomic E-state index is 0.206. The van der Waals surface area contributed by atoms with E-state index < -0.39 is 15.6 Å². The fraction of sp³-hybridized carbons (Fsp3) is 0.467. The molecule has 1 rings (SSSR count). The lowest BCUT2D eigenvalue weighted by atomic mass is 10.1. The highest BCUT2D eigenvalue weighted by molar-refractivity contribution is 9.10. The van der Waals surface area contributed by atoms with E-state index in [-0.39, 0.29) is 18.0 Å². The Morgan fingerprint density at radius 3 is 2.38 bits per heavy atom. The quantitative estimate of drug-likeness (QED) is 0.803. The molecule has 0 aliphatic rings. The third-order valence-corrected chi connectivity index (χ3v) is 6.23. The molecule has 4 nitrogen and oxygen atoms in total. The van der Waals surface area contributed by atoms with Crippen molar-refractivity contribution < 1.29 is 13.5 Å². The number of halogens is 1. The van der Waals surface area contributed by atoms with Gasteiger partial charge in [0.25, 0.3) is 0 Å². The van der Waals surface area contributed by atoms with Crippen molar-refractivity contribution >= 4 is 26.0 Å². The first-order valence-corrected chi connectivity index (χ1v) is 8.82. The minimum atomic E-state index is -3.69. The van der Waals surface area contributed by atoms with Gasteiger partial charge in [-0.2, -0.15) is 4.31 Å². The molecule has 1 N–H and O–H groups in total. The van der Waals surface area contributed by atoms with Crippen molar-refractivity contribution in [2.45, 2.75) is 44.7 Å². The average Bonchev–Trinajstić information content (AvgIpc) is 2.37. The Kier molecular flexibility index (Phi) is 5.77. The van der Waals surface area contributed by atoms with Crippen molar-refractivity contribution in [3.63, 3.8) is 0 Å². The number of aliphatic hydroxyl groups is 1. The van der Waals surface area contributed by atoms with Gasteiger partial charge in [0, 0.05) is 16.6 Å². The number of nitrogens with zero attached hydrogens (tertiary/aromatic N) is 1. The van der Waals surface area contributed by atoms with Crippen molar-refractivity contribution in [2.75, 3.05) is 6.54 Å². The molecule has 0 heterocycles. The second-order valence-electron chi connectivity index (χ2n) is 5.85. The number of hydrogen-bond acceptors (Lipinski definition) is 3. The van der Waals surface area contributed by atoms with Crippen LogP contribution in [0.25, 0.3) is 0 Å². The molecule has 0 atom stereocenters. The Morgan fingerprint density at radius 2 is 1.95 bits per heavy atom. The van der Waals surface area contributed by atoms with Gasteiger partial charge in [-0.15, -0.1) is 6.58 Å². The number of rotatable bonds is 5. The maximum atomic E-state index is 13.0. The zero-order valence-electron chi connectivity index (χ0n) is 12.9. The summed E-state index contributed by atoms with van der Waals surface area (Å²) in [6.45, 7) is 10.9. The van der Waals surface area contributed by atoms with E-state index in [1.165, 1.54) is 10.4 Å². The van der Waals surface area contributed by atoms with E-state index in [0.717, 1.165) is 0 Å². The van der Waals surface area contributed by atoms with Crippen molar-refractivity contribution in [3.8, 4) is 0 Å².